The summed E-state index contributed by atoms with van der Waals surface area (Å²) in [5.74, 6) is 1.19. The Morgan fingerprint density at radius 2 is 1.95 bits per heavy atom. The smallest absolute Gasteiger partial charge is 0.252 e. The highest BCUT2D eigenvalue weighted by Gasteiger charge is 2.43. The summed E-state index contributed by atoms with van der Waals surface area (Å²) in [6.45, 7) is 1.78. The lowest BCUT2D eigenvalue weighted by molar-refractivity contribution is -0.128. The van der Waals surface area contributed by atoms with Crippen LogP contribution in [0.3, 0.4) is 0 Å². The second kappa shape index (κ2) is 9.14. The van der Waals surface area contributed by atoms with Gasteiger partial charge in [0.2, 0.25) is 11.8 Å². The Hall–Kier alpha value is -4.45. The van der Waals surface area contributed by atoms with E-state index in [-0.39, 0.29) is 24.0 Å². The molecule has 0 radical (unpaired) electrons. The van der Waals surface area contributed by atoms with Crippen LogP contribution in [0.4, 0.5) is 5.95 Å². The van der Waals surface area contributed by atoms with Crippen molar-refractivity contribution in [3.63, 3.8) is 0 Å². The topological polar surface area (TPSA) is 159 Å². The third-order valence-corrected chi connectivity index (χ3v) is 7.30. The Morgan fingerprint density at radius 3 is 2.68 bits per heavy atom. The number of anilines is 1. The van der Waals surface area contributed by atoms with Crippen molar-refractivity contribution in [1.82, 2.24) is 34.7 Å². The van der Waals surface area contributed by atoms with Crippen LogP contribution < -0.4 is 15.8 Å². The molecule has 1 fully saturated rings. The zero-order chi connectivity index (χ0) is 26.4. The highest BCUT2D eigenvalue weighted by Crippen LogP contribution is 2.36. The van der Waals surface area contributed by atoms with Gasteiger partial charge in [-0.3, -0.25) is 4.79 Å². The van der Waals surface area contributed by atoms with E-state index in [1.54, 1.807) is 49.4 Å². The molecular formula is C26H28N8O4. The molecule has 1 saturated carbocycles. The molecule has 0 spiro atoms. The number of carbonyl (C=O) groups excluding carboxylic acids is 1. The molecule has 196 valence electrons. The third-order valence-electron chi connectivity index (χ3n) is 7.30. The Bertz CT molecular complexity index is 1620. The fourth-order valence-electron chi connectivity index (χ4n) is 5.17. The van der Waals surface area contributed by atoms with Crippen molar-refractivity contribution in [2.75, 3.05) is 12.8 Å². The molecule has 12 heteroatoms. The number of nitrogen functional groups attached to an aromatic ring is 1. The number of aliphatic hydroxyl groups excluding tert-OH is 1. The molecule has 4 N–H and O–H groups in total. The number of nitrogens with one attached hydrogen (secondary N) is 1. The van der Waals surface area contributed by atoms with E-state index in [0.717, 1.165) is 0 Å². The molecule has 6 rings (SSSR count). The lowest BCUT2D eigenvalue weighted by Gasteiger charge is -2.34. The van der Waals surface area contributed by atoms with E-state index in [0.29, 0.717) is 65.3 Å². The van der Waals surface area contributed by atoms with Crippen molar-refractivity contribution in [3.8, 4) is 17.3 Å². The zero-order valence-electron chi connectivity index (χ0n) is 21.0. The van der Waals surface area contributed by atoms with Crippen LogP contribution in [0, 0.1) is 0 Å². The second-order valence-electron chi connectivity index (χ2n) is 9.66. The van der Waals surface area contributed by atoms with E-state index in [4.69, 9.17) is 14.9 Å². The van der Waals surface area contributed by atoms with Gasteiger partial charge in [-0.15, -0.1) is 5.10 Å². The lowest BCUT2D eigenvalue weighted by Crippen LogP contribution is -2.52. The first-order valence-corrected chi connectivity index (χ1v) is 12.5. The van der Waals surface area contributed by atoms with Gasteiger partial charge in [0.15, 0.2) is 22.6 Å². The first kappa shape index (κ1) is 23.9. The molecular weight excluding hydrogens is 488 g/mol. The summed E-state index contributed by atoms with van der Waals surface area (Å²) in [5.41, 5.74) is 6.39. The highest BCUT2D eigenvalue weighted by atomic mass is 16.5. The predicted octanol–water partition coefficient (Wildman–Crippen LogP) is 2.51. The minimum absolute atomic E-state index is 0.0705. The van der Waals surface area contributed by atoms with Crippen molar-refractivity contribution in [2.45, 2.75) is 50.3 Å². The van der Waals surface area contributed by atoms with Crippen molar-refractivity contribution >= 4 is 28.5 Å². The molecule has 38 heavy (non-hydrogen) atoms. The minimum Gasteiger partial charge on any atom is -0.496 e. The Morgan fingerprint density at radius 1 is 1.16 bits per heavy atom. The summed E-state index contributed by atoms with van der Waals surface area (Å²) >= 11 is 0. The summed E-state index contributed by atoms with van der Waals surface area (Å²) in [5, 5.41) is 22.8. The Kier molecular flexibility index (Phi) is 5.75. The summed E-state index contributed by atoms with van der Waals surface area (Å²) in [7, 11) is 1.56. The predicted molar refractivity (Wildman–Crippen MR) is 138 cm³/mol. The number of benzene rings is 1. The summed E-state index contributed by atoms with van der Waals surface area (Å²) < 4.78 is 14.1. The maximum atomic E-state index is 14.1. The largest absolute Gasteiger partial charge is 0.496 e. The van der Waals surface area contributed by atoms with Crippen LogP contribution in [0.25, 0.3) is 28.3 Å². The van der Waals surface area contributed by atoms with Crippen molar-refractivity contribution in [2.24, 2.45) is 0 Å². The van der Waals surface area contributed by atoms with Gasteiger partial charge in [-0.05, 0) is 50.8 Å². The van der Waals surface area contributed by atoms with Crippen LogP contribution >= 0.6 is 0 Å². The quantitative estimate of drug-likeness (QED) is 0.308. The van der Waals surface area contributed by atoms with Gasteiger partial charge >= 0.3 is 0 Å². The molecule has 1 aliphatic carbocycles. The van der Waals surface area contributed by atoms with Crippen LogP contribution in [0.15, 0.2) is 53.3 Å². The highest BCUT2D eigenvalue weighted by molar-refractivity contribution is 5.94. The van der Waals surface area contributed by atoms with E-state index in [9.17, 15) is 9.90 Å². The zero-order valence-corrected chi connectivity index (χ0v) is 21.0. The molecule has 0 bridgehead atoms. The number of nitrogens with zero attached hydrogens (tertiary/aromatic N) is 6. The molecule has 0 aliphatic heterocycles. The number of furan rings is 1. The molecule has 4 aromatic heterocycles. The van der Waals surface area contributed by atoms with E-state index < -0.39 is 5.54 Å². The number of hydrogen-bond acceptors (Lipinski definition) is 9. The van der Waals surface area contributed by atoms with Crippen molar-refractivity contribution < 1.29 is 19.1 Å². The average Bonchev–Trinajstić information content (AvgIpc) is 3.69. The van der Waals surface area contributed by atoms with Gasteiger partial charge in [-0.2, -0.15) is 14.6 Å². The Labute approximate surface area is 217 Å². The van der Waals surface area contributed by atoms with Crippen LogP contribution in [-0.2, 0) is 10.3 Å². The number of rotatable bonds is 6. The van der Waals surface area contributed by atoms with Crippen LogP contribution in [0.2, 0.25) is 0 Å². The average molecular weight is 517 g/mol. The minimum atomic E-state index is -1.36. The van der Waals surface area contributed by atoms with Gasteiger partial charge in [-0.1, -0.05) is 18.2 Å². The number of para-hydroxylation sites is 1. The van der Waals surface area contributed by atoms with Gasteiger partial charge in [0, 0.05) is 11.6 Å². The maximum Gasteiger partial charge on any atom is 0.252 e. The number of amides is 1. The molecule has 1 aromatic carbocycles. The van der Waals surface area contributed by atoms with Crippen molar-refractivity contribution in [1.29, 1.82) is 0 Å². The first-order chi connectivity index (χ1) is 18.4. The fourth-order valence-corrected chi connectivity index (χ4v) is 5.17. The number of fused-ring (bicyclic) bond motifs is 3. The first-order valence-electron chi connectivity index (χ1n) is 12.5. The van der Waals surface area contributed by atoms with Crippen LogP contribution in [0.1, 0.15) is 38.2 Å². The summed E-state index contributed by atoms with van der Waals surface area (Å²) in [6, 6.07) is 10.8. The third kappa shape index (κ3) is 3.76. The van der Waals surface area contributed by atoms with Crippen LogP contribution in [0.5, 0.6) is 5.75 Å². The lowest BCUT2D eigenvalue weighted by atomic mass is 9.88. The summed E-state index contributed by atoms with van der Waals surface area (Å²) in [4.78, 5) is 23.4. The van der Waals surface area contributed by atoms with E-state index in [1.807, 2.05) is 18.2 Å². The molecule has 5 aromatic rings. The molecule has 1 atom stereocenters. The summed E-state index contributed by atoms with van der Waals surface area (Å²) in [6.07, 6.45) is 5.48. The van der Waals surface area contributed by atoms with Gasteiger partial charge in [0.05, 0.1) is 31.1 Å². The number of methoxy groups -OCH3 is 1. The number of ether oxygens (including phenoxy) is 1. The second-order valence-corrected chi connectivity index (χ2v) is 9.66. The number of carbonyl (C=O) groups is 1. The molecule has 0 saturated heterocycles. The van der Waals surface area contributed by atoms with Crippen molar-refractivity contribution in [3.05, 3.63) is 54.4 Å². The van der Waals surface area contributed by atoms with Gasteiger partial charge < -0.3 is 25.3 Å². The van der Waals surface area contributed by atoms with Gasteiger partial charge in [-0.25, -0.2) is 9.67 Å². The number of hydrogen-bond donors (Lipinski definition) is 3. The van der Waals surface area contributed by atoms with Crippen LogP contribution in [-0.4, -0.2) is 59.6 Å². The molecule has 1 amide bonds. The molecule has 1 unspecified atom stereocenters. The van der Waals surface area contributed by atoms with E-state index in [1.165, 1.54) is 4.52 Å². The normalized spacial score (nSPS) is 19.4. The molecule has 12 nitrogen and oxygen atoms in total. The standard InChI is InChI=1S/C26H28N8O4/c1-26(18-6-3-4-7-19(18)37-2,24(36)29-15-9-11-16(35)12-10-15)34-23-17(14-28-34)22-30-21(20-8-5-13-38-20)32-33(22)25(27)31-23/h3-8,13-16,35H,9-12H2,1-2H3,(H2,27,31)(H,29,36). The number of aliphatic hydroxyl groups is 1. The Balaban J connectivity index is 1.52. The van der Waals surface area contributed by atoms with E-state index >= 15 is 0 Å². The SMILES string of the molecule is COc1ccccc1C(C)(C(=O)NC1CCC(O)CC1)n1ncc2c1nc(N)n1nc(-c3ccco3)nc21. The van der Waals surface area contributed by atoms with Gasteiger partial charge in [0.1, 0.15) is 5.75 Å². The fraction of sp³-hybridized carbons (Fsp3) is 0.346. The monoisotopic (exact) mass is 516 g/mol. The molecule has 4 heterocycles. The maximum absolute atomic E-state index is 14.1. The molecule has 1 aliphatic rings. The van der Waals surface area contributed by atoms with E-state index in [2.05, 4.69) is 25.5 Å². The van der Waals surface area contributed by atoms with Gasteiger partial charge in [0.25, 0.3) is 5.91 Å². The number of aromatic nitrogens is 6. The number of nitrogens with two attached hydrogens (primary N) is 1.